The first-order valence-electron chi connectivity index (χ1n) is 20.6. The molecule has 0 aliphatic carbocycles. The van der Waals surface area contributed by atoms with E-state index >= 15 is 0 Å². The smallest absolute Gasteiger partial charge is 0.387 e. The lowest BCUT2D eigenvalue weighted by molar-refractivity contribution is -0.123. The van der Waals surface area contributed by atoms with E-state index in [0.29, 0.717) is 6.42 Å². The minimum atomic E-state index is -4.34. The van der Waals surface area contributed by atoms with Crippen LogP contribution in [0.4, 0.5) is 0 Å². The van der Waals surface area contributed by atoms with Gasteiger partial charge in [0.25, 0.3) is 0 Å². The topological polar surface area (TPSA) is 131 Å². The molecule has 0 bridgehead atoms. The molecule has 0 saturated heterocycles. The lowest BCUT2D eigenvalue weighted by atomic mass is 10.1. The fraction of sp³-hybridized carbons (Fsp3) is 0.829. The van der Waals surface area contributed by atoms with Crippen molar-refractivity contribution in [3.8, 4) is 0 Å². The predicted octanol–water partition coefficient (Wildman–Crippen LogP) is 11.2. The van der Waals surface area contributed by atoms with Gasteiger partial charge in [0.15, 0.2) is 0 Å². The average Bonchev–Trinajstić information content (AvgIpc) is 3.10. The van der Waals surface area contributed by atoms with Crippen molar-refractivity contribution in [2.45, 2.75) is 199 Å². The first-order chi connectivity index (χ1) is 24.4. The molecule has 1 amide bonds. The van der Waals surface area contributed by atoms with E-state index in [4.69, 9.17) is 14.8 Å². The minimum absolute atomic E-state index is 0.0725. The van der Waals surface area contributed by atoms with Gasteiger partial charge in [-0.1, -0.05) is 159 Å². The summed E-state index contributed by atoms with van der Waals surface area (Å²) in [5, 5.41) is 13.6. The Morgan fingerprint density at radius 2 is 1.06 bits per heavy atom. The maximum atomic E-state index is 12.7. The molecular formula is C41H79N2O6P. The number of phosphoric acid groups is 1. The van der Waals surface area contributed by atoms with Crippen LogP contribution in [0.15, 0.2) is 36.5 Å². The normalized spacial score (nSPS) is 14.6. The van der Waals surface area contributed by atoms with Crippen molar-refractivity contribution in [2.24, 2.45) is 5.73 Å². The Kier molecular flexibility index (Phi) is 36.5. The predicted molar refractivity (Wildman–Crippen MR) is 212 cm³/mol. The summed E-state index contributed by atoms with van der Waals surface area (Å²) in [5.74, 6) is -0.213. The van der Waals surface area contributed by atoms with E-state index in [1.165, 1.54) is 116 Å². The van der Waals surface area contributed by atoms with Crippen LogP contribution in [-0.4, -0.2) is 47.8 Å². The van der Waals surface area contributed by atoms with Crippen LogP contribution in [-0.2, 0) is 18.4 Å². The standard InChI is InChI=1S/C41H79N2O6P/c1-3-5-7-9-11-13-15-17-19-21-23-25-27-29-31-33-35-41(45)43-39(38-49-50(46,47)48-37-36-42)40(44)34-32-30-28-26-24-22-20-18-16-14-12-10-8-6-4-2/h19,21,24,26,32,34,39-40,44H,3-18,20,22-23,25,27-31,33,35-38,42H2,1-2H3,(H,43,45)(H,46,47)/b21-19-,26-24+,34-32+. The summed E-state index contributed by atoms with van der Waals surface area (Å²) in [6.07, 6.45) is 43.3. The molecule has 50 heavy (non-hydrogen) atoms. The Morgan fingerprint density at radius 3 is 1.54 bits per heavy atom. The van der Waals surface area contributed by atoms with E-state index in [0.717, 1.165) is 51.4 Å². The summed E-state index contributed by atoms with van der Waals surface area (Å²) in [7, 11) is -4.34. The zero-order valence-electron chi connectivity index (χ0n) is 32.4. The molecule has 3 atom stereocenters. The number of hydrogen-bond donors (Lipinski definition) is 4. The largest absolute Gasteiger partial charge is 0.472 e. The molecule has 0 aliphatic heterocycles. The van der Waals surface area contributed by atoms with Gasteiger partial charge in [0.2, 0.25) is 5.91 Å². The third-order valence-electron chi connectivity index (χ3n) is 8.94. The summed E-state index contributed by atoms with van der Waals surface area (Å²) < 4.78 is 22.1. The molecule has 0 aliphatic rings. The van der Waals surface area contributed by atoms with E-state index in [-0.39, 0.29) is 25.7 Å². The van der Waals surface area contributed by atoms with Crippen molar-refractivity contribution in [1.82, 2.24) is 5.32 Å². The van der Waals surface area contributed by atoms with Gasteiger partial charge < -0.3 is 21.1 Å². The van der Waals surface area contributed by atoms with Crippen molar-refractivity contribution in [2.75, 3.05) is 19.8 Å². The van der Waals surface area contributed by atoms with Crippen LogP contribution >= 0.6 is 7.82 Å². The molecule has 5 N–H and O–H groups in total. The number of unbranched alkanes of at least 4 members (excludes halogenated alkanes) is 22. The first kappa shape index (κ1) is 48.7. The van der Waals surface area contributed by atoms with Gasteiger partial charge in [-0.15, -0.1) is 0 Å². The van der Waals surface area contributed by atoms with Gasteiger partial charge in [-0.2, -0.15) is 0 Å². The van der Waals surface area contributed by atoms with E-state index in [1.54, 1.807) is 6.08 Å². The van der Waals surface area contributed by atoms with E-state index < -0.39 is 20.0 Å². The second-order valence-electron chi connectivity index (χ2n) is 13.8. The average molecular weight is 727 g/mol. The van der Waals surface area contributed by atoms with E-state index in [2.05, 4.69) is 43.5 Å². The summed E-state index contributed by atoms with van der Waals surface area (Å²) >= 11 is 0. The van der Waals surface area contributed by atoms with Gasteiger partial charge >= 0.3 is 7.82 Å². The van der Waals surface area contributed by atoms with Crippen LogP contribution in [0.1, 0.15) is 187 Å². The summed E-state index contributed by atoms with van der Waals surface area (Å²) in [4.78, 5) is 22.6. The van der Waals surface area contributed by atoms with Crippen molar-refractivity contribution >= 4 is 13.7 Å². The molecule has 0 rings (SSSR count). The second kappa shape index (κ2) is 37.5. The molecular weight excluding hydrogens is 647 g/mol. The van der Waals surface area contributed by atoms with Crippen molar-refractivity contribution in [3.63, 3.8) is 0 Å². The summed E-state index contributed by atoms with van der Waals surface area (Å²) in [6.45, 7) is 4.09. The lowest BCUT2D eigenvalue weighted by Crippen LogP contribution is -2.45. The molecule has 0 radical (unpaired) electrons. The van der Waals surface area contributed by atoms with Crippen LogP contribution in [0, 0.1) is 0 Å². The fourth-order valence-corrected chi connectivity index (χ4v) is 6.55. The second-order valence-corrected chi connectivity index (χ2v) is 15.3. The maximum Gasteiger partial charge on any atom is 0.472 e. The third-order valence-corrected chi connectivity index (χ3v) is 9.92. The van der Waals surface area contributed by atoms with Crippen LogP contribution in [0.5, 0.6) is 0 Å². The molecule has 0 saturated carbocycles. The van der Waals surface area contributed by atoms with E-state index in [1.807, 2.05) is 6.08 Å². The molecule has 8 nitrogen and oxygen atoms in total. The number of phosphoric ester groups is 1. The van der Waals surface area contributed by atoms with Crippen LogP contribution < -0.4 is 11.1 Å². The highest BCUT2D eigenvalue weighted by Crippen LogP contribution is 2.43. The van der Waals surface area contributed by atoms with Crippen molar-refractivity contribution < 1.29 is 28.4 Å². The number of aliphatic hydroxyl groups is 1. The Bertz CT molecular complexity index is 881. The molecule has 0 aromatic rings. The van der Waals surface area contributed by atoms with Gasteiger partial charge in [0.05, 0.1) is 25.4 Å². The first-order valence-corrected chi connectivity index (χ1v) is 22.1. The Labute approximate surface area is 308 Å². The maximum absolute atomic E-state index is 12.7. The number of nitrogens with one attached hydrogen (secondary N) is 1. The minimum Gasteiger partial charge on any atom is -0.387 e. The third kappa shape index (κ3) is 35.1. The molecule has 3 unspecified atom stereocenters. The zero-order valence-corrected chi connectivity index (χ0v) is 33.3. The number of carbonyl (C=O) groups excluding carboxylic acids is 1. The van der Waals surface area contributed by atoms with Crippen LogP contribution in [0.25, 0.3) is 0 Å². The number of amides is 1. The SMILES string of the molecule is CCCCCCCCC/C=C\CCCCCCCC(=O)NC(COP(=O)(O)OCCN)C(O)/C=C/CC/C=C/CCCCCCCCCCC. The number of rotatable bonds is 38. The van der Waals surface area contributed by atoms with Gasteiger partial charge in [-0.05, 0) is 57.8 Å². The Balaban J connectivity index is 4.32. The quantitative estimate of drug-likeness (QED) is 0.0283. The Hall–Kier alpha value is -1.28. The number of carbonyl (C=O) groups is 1. The number of allylic oxidation sites excluding steroid dienone is 5. The molecule has 0 fully saturated rings. The number of nitrogens with two attached hydrogens (primary N) is 1. The number of aliphatic hydroxyl groups excluding tert-OH is 1. The Morgan fingerprint density at radius 1 is 0.640 bits per heavy atom. The monoisotopic (exact) mass is 727 g/mol. The van der Waals surface area contributed by atoms with E-state index in [9.17, 15) is 19.4 Å². The number of hydrogen-bond acceptors (Lipinski definition) is 6. The highest BCUT2D eigenvalue weighted by atomic mass is 31.2. The van der Waals surface area contributed by atoms with Crippen LogP contribution in [0.2, 0.25) is 0 Å². The fourth-order valence-electron chi connectivity index (χ4n) is 5.79. The molecule has 0 aromatic carbocycles. The molecule has 9 heteroatoms. The summed E-state index contributed by atoms with van der Waals surface area (Å²) in [5.41, 5.74) is 5.36. The summed E-state index contributed by atoms with van der Waals surface area (Å²) in [6, 6.07) is -0.879. The highest BCUT2D eigenvalue weighted by molar-refractivity contribution is 7.47. The molecule has 0 aromatic heterocycles. The zero-order chi connectivity index (χ0) is 36.8. The molecule has 0 heterocycles. The van der Waals surface area contributed by atoms with Gasteiger partial charge in [-0.3, -0.25) is 13.8 Å². The van der Waals surface area contributed by atoms with Gasteiger partial charge in [0.1, 0.15) is 0 Å². The van der Waals surface area contributed by atoms with Crippen molar-refractivity contribution in [3.05, 3.63) is 36.5 Å². The highest BCUT2D eigenvalue weighted by Gasteiger charge is 2.26. The van der Waals surface area contributed by atoms with Crippen LogP contribution in [0.3, 0.4) is 0 Å². The molecule has 0 spiro atoms. The van der Waals surface area contributed by atoms with Gasteiger partial charge in [-0.25, -0.2) is 4.57 Å². The van der Waals surface area contributed by atoms with Gasteiger partial charge in [0, 0.05) is 13.0 Å². The van der Waals surface area contributed by atoms with Crippen molar-refractivity contribution in [1.29, 1.82) is 0 Å². The molecule has 294 valence electrons. The lowest BCUT2D eigenvalue weighted by Gasteiger charge is -2.23.